The summed E-state index contributed by atoms with van der Waals surface area (Å²) in [4.78, 5) is 29.3. The second-order valence-electron chi connectivity index (χ2n) is 10.8. The number of rotatable bonds is 8. The van der Waals surface area contributed by atoms with Gasteiger partial charge in [-0.1, -0.05) is 54.1 Å². The Hall–Kier alpha value is -3.61. The average Bonchev–Trinajstić information content (AvgIpc) is 2.99. The fraction of sp³-hybridized carbons (Fsp3) is 0.353. The molecule has 41 heavy (non-hydrogen) atoms. The third-order valence-corrected chi connectivity index (χ3v) is 8.72. The maximum atomic E-state index is 13.5. The van der Waals surface area contributed by atoms with E-state index in [1.807, 2.05) is 36.4 Å². The Kier molecular flexibility index (Phi) is 7.87. The Morgan fingerprint density at radius 3 is 2.24 bits per heavy atom. The van der Waals surface area contributed by atoms with Crippen LogP contribution in [0.3, 0.4) is 0 Å². The van der Waals surface area contributed by atoms with Crippen molar-refractivity contribution in [3.05, 3.63) is 93.3 Å². The number of fused-ring (bicyclic) bond motifs is 1. The van der Waals surface area contributed by atoms with Crippen molar-refractivity contribution in [2.24, 2.45) is 0 Å². The van der Waals surface area contributed by atoms with Gasteiger partial charge in [-0.2, -0.15) is 0 Å². The van der Waals surface area contributed by atoms with Gasteiger partial charge in [0.2, 0.25) is 0 Å². The molecule has 0 radical (unpaired) electrons. The van der Waals surface area contributed by atoms with Crippen molar-refractivity contribution < 1.29 is 23.8 Å². The van der Waals surface area contributed by atoms with Gasteiger partial charge < -0.3 is 19.1 Å². The summed E-state index contributed by atoms with van der Waals surface area (Å²) >= 11 is 6.90. The zero-order valence-electron chi connectivity index (χ0n) is 23.5. The number of nitrogens with zero attached hydrogens (tertiary/aromatic N) is 1. The molecule has 0 saturated carbocycles. The van der Waals surface area contributed by atoms with Gasteiger partial charge in [0.1, 0.15) is 6.61 Å². The van der Waals surface area contributed by atoms with Crippen molar-refractivity contribution in [2.75, 3.05) is 27.4 Å². The van der Waals surface area contributed by atoms with E-state index in [1.54, 1.807) is 14.2 Å². The van der Waals surface area contributed by atoms with E-state index in [-0.39, 0.29) is 11.6 Å². The first kappa shape index (κ1) is 27.6. The molecule has 1 heterocycles. The van der Waals surface area contributed by atoms with E-state index in [2.05, 4.69) is 23.1 Å². The zero-order valence-corrected chi connectivity index (χ0v) is 24.3. The number of ether oxygens (including phenoxy) is 3. The fourth-order valence-electron chi connectivity index (χ4n) is 6.62. The van der Waals surface area contributed by atoms with E-state index in [0.29, 0.717) is 60.3 Å². The van der Waals surface area contributed by atoms with Gasteiger partial charge in [-0.05, 0) is 59.7 Å². The molecule has 0 N–H and O–H groups in total. The number of benzene rings is 3. The smallest absolute Gasteiger partial charge is 0.180 e. The van der Waals surface area contributed by atoms with Crippen molar-refractivity contribution in [3.8, 4) is 11.5 Å². The first-order valence-electron chi connectivity index (χ1n) is 14.3. The molecule has 0 aromatic heterocycles. The van der Waals surface area contributed by atoms with E-state index < -0.39 is 5.92 Å². The van der Waals surface area contributed by atoms with Crippen LogP contribution in [0.1, 0.15) is 55.6 Å². The normalized spacial score (nSPS) is 17.7. The Balaban J connectivity index is 1.42. The summed E-state index contributed by atoms with van der Waals surface area (Å²) in [6.07, 6.45) is 4.14. The minimum Gasteiger partial charge on any atom is -0.493 e. The van der Waals surface area contributed by atoms with Crippen LogP contribution in [0.15, 0.2) is 77.1 Å². The number of ketones is 2. The molecule has 7 heteroatoms. The van der Waals surface area contributed by atoms with Crippen LogP contribution in [0.4, 0.5) is 0 Å². The molecule has 0 unspecified atom stereocenters. The van der Waals surface area contributed by atoms with Crippen LogP contribution in [0.25, 0.3) is 10.8 Å². The van der Waals surface area contributed by atoms with Crippen molar-refractivity contribution in [3.63, 3.8) is 0 Å². The van der Waals surface area contributed by atoms with Gasteiger partial charge in [0.05, 0.1) is 18.7 Å². The van der Waals surface area contributed by atoms with Crippen molar-refractivity contribution in [1.82, 2.24) is 4.90 Å². The number of allylic oxidation sites excluding steroid dienone is 4. The molecule has 0 amide bonds. The molecule has 0 bridgehead atoms. The van der Waals surface area contributed by atoms with Gasteiger partial charge in [-0.25, -0.2) is 0 Å². The number of carbonyl (C=O) groups excluding carboxylic acids is 2. The quantitative estimate of drug-likeness (QED) is 0.286. The van der Waals surface area contributed by atoms with Crippen LogP contribution in [-0.2, 0) is 20.9 Å². The van der Waals surface area contributed by atoms with E-state index >= 15 is 0 Å². The molecule has 6 nitrogen and oxygen atoms in total. The Morgan fingerprint density at radius 1 is 0.878 bits per heavy atom. The van der Waals surface area contributed by atoms with Crippen LogP contribution in [-0.4, -0.2) is 43.8 Å². The number of Topliss-reactive ketones (excluding diaryl/α,β-unsaturated/α-hetero) is 2. The van der Waals surface area contributed by atoms with Crippen LogP contribution < -0.4 is 9.47 Å². The summed E-state index contributed by atoms with van der Waals surface area (Å²) in [5, 5.41) is 2.64. The summed E-state index contributed by atoms with van der Waals surface area (Å²) in [6.45, 7) is 1.45. The zero-order chi connectivity index (χ0) is 28.5. The van der Waals surface area contributed by atoms with E-state index in [1.165, 1.54) is 0 Å². The highest BCUT2D eigenvalue weighted by molar-refractivity contribution is 6.32. The van der Waals surface area contributed by atoms with E-state index in [9.17, 15) is 9.59 Å². The monoisotopic (exact) mass is 571 g/mol. The molecule has 212 valence electrons. The predicted molar refractivity (Wildman–Crippen MR) is 159 cm³/mol. The van der Waals surface area contributed by atoms with Gasteiger partial charge >= 0.3 is 0 Å². The molecule has 3 aliphatic rings. The van der Waals surface area contributed by atoms with Gasteiger partial charge in [0.15, 0.2) is 23.1 Å². The lowest BCUT2D eigenvalue weighted by molar-refractivity contribution is -0.117. The predicted octanol–water partition coefficient (Wildman–Crippen LogP) is 7.14. The molecular weight excluding hydrogens is 538 g/mol. The highest BCUT2D eigenvalue weighted by Gasteiger charge is 2.43. The number of halogens is 1. The number of hydrogen-bond acceptors (Lipinski definition) is 6. The average molecular weight is 572 g/mol. The molecule has 6 rings (SSSR count). The Bertz CT molecular complexity index is 1540. The third-order valence-electron chi connectivity index (χ3n) is 8.44. The minimum absolute atomic E-state index is 0.0926. The van der Waals surface area contributed by atoms with Crippen LogP contribution >= 0.6 is 11.6 Å². The minimum atomic E-state index is -0.474. The van der Waals surface area contributed by atoms with E-state index in [4.69, 9.17) is 25.8 Å². The Morgan fingerprint density at radius 2 is 1.56 bits per heavy atom. The van der Waals surface area contributed by atoms with Crippen LogP contribution in [0.5, 0.6) is 11.5 Å². The van der Waals surface area contributed by atoms with Gasteiger partial charge in [-0.3, -0.25) is 9.59 Å². The Labute approximate surface area is 245 Å². The third kappa shape index (κ3) is 5.04. The fourth-order valence-corrected chi connectivity index (χ4v) is 6.89. The maximum absolute atomic E-state index is 13.5. The largest absolute Gasteiger partial charge is 0.493 e. The molecular formula is C34H34ClNO5. The van der Waals surface area contributed by atoms with E-state index in [0.717, 1.165) is 59.0 Å². The number of methoxy groups -OCH3 is 2. The number of carbonyl (C=O) groups is 2. The summed E-state index contributed by atoms with van der Waals surface area (Å²) in [6, 6.07) is 18.0. The standard InChI is InChI=1S/C34H34ClNO5/c1-39-17-16-36-26-12-6-14-28(37)32(26)31(33-27(36)13-7-15-29(33)38)23-18-25(35)34(30(19-23)40-2)41-20-22-10-5-9-21-8-3-4-11-24(21)22/h3-5,8-11,18-19,31H,6-7,12-17,20H2,1-2H3. The molecule has 0 fully saturated rings. The highest BCUT2D eigenvalue weighted by Crippen LogP contribution is 2.51. The van der Waals surface area contributed by atoms with Crippen LogP contribution in [0.2, 0.25) is 5.02 Å². The maximum Gasteiger partial charge on any atom is 0.180 e. The summed E-state index contributed by atoms with van der Waals surface area (Å²) in [5.41, 5.74) is 5.28. The lowest BCUT2D eigenvalue weighted by atomic mass is 9.71. The van der Waals surface area contributed by atoms with Gasteiger partial charge in [0, 0.05) is 55.0 Å². The van der Waals surface area contributed by atoms with Crippen molar-refractivity contribution in [1.29, 1.82) is 0 Å². The lowest BCUT2D eigenvalue weighted by Gasteiger charge is -2.44. The first-order valence-corrected chi connectivity index (χ1v) is 14.7. The van der Waals surface area contributed by atoms with Crippen LogP contribution in [0, 0.1) is 0 Å². The second-order valence-corrected chi connectivity index (χ2v) is 11.2. The molecule has 0 spiro atoms. The molecule has 0 saturated heterocycles. The molecule has 3 aromatic carbocycles. The first-order chi connectivity index (χ1) is 20.0. The molecule has 0 atom stereocenters. The summed E-state index contributed by atoms with van der Waals surface area (Å²) in [7, 11) is 3.26. The van der Waals surface area contributed by atoms with Gasteiger partial charge in [-0.15, -0.1) is 0 Å². The van der Waals surface area contributed by atoms with Gasteiger partial charge in [0.25, 0.3) is 0 Å². The number of hydrogen-bond donors (Lipinski definition) is 0. The summed E-state index contributed by atoms with van der Waals surface area (Å²) < 4.78 is 17.5. The molecule has 3 aromatic rings. The second kappa shape index (κ2) is 11.7. The SMILES string of the molecule is COCCN1C2=C(C(=O)CCC2)C(c2cc(Cl)c(OCc3cccc4ccccc34)c(OC)c2)C2=C1CCCC2=O. The van der Waals surface area contributed by atoms with Crippen molar-refractivity contribution >= 4 is 33.9 Å². The molecule has 2 aliphatic carbocycles. The van der Waals surface area contributed by atoms with Crippen molar-refractivity contribution in [2.45, 2.75) is 51.0 Å². The topological polar surface area (TPSA) is 65.1 Å². The highest BCUT2D eigenvalue weighted by atomic mass is 35.5. The lowest BCUT2D eigenvalue weighted by Crippen LogP contribution is -2.40. The molecule has 1 aliphatic heterocycles. The summed E-state index contributed by atoms with van der Waals surface area (Å²) in [5.74, 6) is 0.630.